The third-order valence-corrected chi connectivity index (χ3v) is 1.51. The summed E-state index contributed by atoms with van der Waals surface area (Å²) in [6, 6.07) is 0. The van der Waals surface area contributed by atoms with Gasteiger partial charge in [0.25, 0.3) is 0 Å². The van der Waals surface area contributed by atoms with Crippen LogP contribution in [0.25, 0.3) is 0 Å². The smallest absolute Gasteiger partial charge is 0.272 e. The molecule has 0 bridgehead atoms. The third-order valence-electron chi connectivity index (χ3n) is 0.505. The van der Waals surface area contributed by atoms with Crippen LogP contribution in [-0.2, 0) is 14.4 Å². The highest BCUT2D eigenvalue weighted by molar-refractivity contribution is 6.55. The van der Waals surface area contributed by atoms with E-state index in [0.29, 0.717) is 0 Å². The van der Waals surface area contributed by atoms with E-state index in [1.54, 1.807) is 0 Å². The molecular weight excluding hydrogens is 153 g/mol. The van der Waals surface area contributed by atoms with Gasteiger partial charge in [-0.05, 0) is 0 Å². The number of rotatable bonds is 3. The number of isocyanates is 3. The maximum absolute atomic E-state index is 9.53. The predicted octanol–water partition coefficient (Wildman–Crippen LogP) is -1.02. The van der Waals surface area contributed by atoms with Crippen molar-refractivity contribution in [1.29, 1.82) is 0 Å². The Kier molecular flexibility index (Phi) is 5.03. The quantitative estimate of drug-likeness (QED) is 0.295. The summed E-state index contributed by atoms with van der Waals surface area (Å²) in [4.78, 5) is 28.6. The lowest BCUT2D eigenvalue weighted by atomic mass is 11.7. The molecule has 0 aromatic rings. The standard InChI is InChI=1S/3CNO.Al/c3*2-1-3;/q3*-1;+3. The second-order valence-electron chi connectivity index (χ2n) is 1.01. The fraction of sp³-hybridized carbons (Fsp3) is 0. The first-order chi connectivity index (χ1) is 4.85. The maximum atomic E-state index is 9.53. The summed E-state index contributed by atoms with van der Waals surface area (Å²) in [6.45, 7) is 0. The van der Waals surface area contributed by atoms with Crippen LogP contribution >= 0.6 is 0 Å². The molecule has 0 aromatic carbocycles. The van der Waals surface area contributed by atoms with Crippen molar-refractivity contribution < 1.29 is 14.4 Å². The van der Waals surface area contributed by atoms with Crippen LogP contribution in [0.2, 0.25) is 0 Å². The molecule has 0 heterocycles. The third kappa shape index (κ3) is 3.65. The first-order valence-corrected chi connectivity index (χ1v) is 3.61. The normalized spacial score (nSPS) is 6.00. The van der Waals surface area contributed by atoms with Gasteiger partial charge >= 0.3 is 14.8 Å². The Morgan fingerprint density at radius 3 is 1.30 bits per heavy atom. The van der Waals surface area contributed by atoms with E-state index in [9.17, 15) is 14.4 Å². The van der Waals surface area contributed by atoms with Gasteiger partial charge in [-0.25, -0.2) is 14.4 Å². The zero-order chi connectivity index (χ0) is 7.82. The average molecular weight is 153 g/mol. The molecule has 0 saturated carbocycles. The lowest BCUT2D eigenvalue weighted by molar-refractivity contribution is 0.565. The molecule has 0 radical (unpaired) electrons. The molecule has 0 aliphatic heterocycles. The van der Waals surface area contributed by atoms with Gasteiger partial charge < -0.3 is 0 Å². The second kappa shape index (κ2) is 5.80. The zero-order valence-electron chi connectivity index (χ0n) is 4.64. The van der Waals surface area contributed by atoms with Gasteiger partial charge in [-0.3, -0.25) is 11.9 Å². The van der Waals surface area contributed by atoms with Crippen LogP contribution in [0.5, 0.6) is 0 Å². The summed E-state index contributed by atoms with van der Waals surface area (Å²) >= 11 is -2.63. The number of nitrogens with zero attached hydrogens (tertiary/aromatic N) is 3. The molecular formula is C3AlN3O3. The summed E-state index contributed by atoms with van der Waals surface area (Å²) in [5.74, 6) is 0. The Morgan fingerprint density at radius 2 is 1.10 bits per heavy atom. The van der Waals surface area contributed by atoms with Crippen molar-refractivity contribution in [2.75, 3.05) is 0 Å². The van der Waals surface area contributed by atoms with Crippen LogP contribution in [0.4, 0.5) is 0 Å². The van der Waals surface area contributed by atoms with Crippen LogP contribution < -0.4 is 0 Å². The van der Waals surface area contributed by atoms with Crippen LogP contribution in [0.1, 0.15) is 0 Å². The molecule has 0 amide bonds. The second-order valence-corrected chi connectivity index (χ2v) is 2.47. The van der Waals surface area contributed by atoms with E-state index in [4.69, 9.17) is 0 Å². The van der Waals surface area contributed by atoms with Crippen molar-refractivity contribution >= 4 is 33.1 Å². The SMILES string of the molecule is O=C=[N][Al]([N]=C=O)[N]=C=O. The van der Waals surface area contributed by atoms with Crippen LogP contribution in [0, 0.1) is 0 Å². The topological polar surface area (TPSA) is 88.3 Å². The zero-order valence-corrected chi connectivity index (χ0v) is 5.80. The highest BCUT2D eigenvalue weighted by Gasteiger charge is 2.20. The summed E-state index contributed by atoms with van der Waals surface area (Å²) in [6.07, 6.45) is 3.39. The lowest BCUT2D eigenvalue weighted by Crippen LogP contribution is -2.00. The Morgan fingerprint density at radius 1 is 0.800 bits per heavy atom. The molecule has 0 spiro atoms. The highest BCUT2D eigenvalue weighted by Crippen LogP contribution is 1.82. The Bertz CT molecular complexity index is 203. The van der Waals surface area contributed by atoms with Gasteiger partial charge in [0.15, 0.2) is 0 Å². The van der Waals surface area contributed by atoms with Gasteiger partial charge in [0.1, 0.15) is 0 Å². The van der Waals surface area contributed by atoms with E-state index < -0.39 is 14.8 Å². The van der Waals surface area contributed by atoms with Crippen LogP contribution in [-0.4, -0.2) is 33.1 Å². The molecule has 0 N–H and O–H groups in total. The van der Waals surface area contributed by atoms with Gasteiger partial charge in [-0.2, -0.15) is 0 Å². The van der Waals surface area contributed by atoms with Gasteiger partial charge in [0.05, 0.1) is 0 Å². The summed E-state index contributed by atoms with van der Waals surface area (Å²) in [5, 5.41) is 0. The summed E-state index contributed by atoms with van der Waals surface area (Å²) in [7, 11) is 0. The molecule has 0 atom stereocenters. The molecule has 6 nitrogen and oxygen atoms in total. The molecule has 10 heavy (non-hydrogen) atoms. The molecule has 0 aliphatic carbocycles. The van der Waals surface area contributed by atoms with Crippen molar-refractivity contribution in [3.8, 4) is 0 Å². The molecule has 0 saturated heterocycles. The van der Waals surface area contributed by atoms with E-state index in [-0.39, 0.29) is 0 Å². The van der Waals surface area contributed by atoms with Gasteiger partial charge in [0, 0.05) is 0 Å². The van der Waals surface area contributed by atoms with Crippen molar-refractivity contribution in [2.24, 2.45) is 11.9 Å². The Labute approximate surface area is 60.0 Å². The molecule has 0 aliphatic rings. The van der Waals surface area contributed by atoms with E-state index in [1.807, 2.05) is 0 Å². The summed E-state index contributed by atoms with van der Waals surface area (Å²) in [5.41, 5.74) is 0. The Balaban J connectivity index is 4.39. The van der Waals surface area contributed by atoms with E-state index >= 15 is 0 Å². The van der Waals surface area contributed by atoms with Crippen molar-refractivity contribution in [3.63, 3.8) is 0 Å². The first-order valence-electron chi connectivity index (χ1n) is 2.06. The van der Waals surface area contributed by atoms with E-state index in [0.717, 1.165) is 18.2 Å². The van der Waals surface area contributed by atoms with Gasteiger partial charge in [0.2, 0.25) is 18.2 Å². The van der Waals surface area contributed by atoms with E-state index in [2.05, 4.69) is 11.9 Å². The maximum Gasteiger partial charge on any atom is 0.830 e. The molecule has 7 heteroatoms. The Hall–Kier alpha value is -1.33. The minimum absolute atomic E-state index is 1.13. The monoisotopic (exact) mass is 153 g/mol. The predicted molar refractivity (Wildman–Crippen MR) is 30.1 cm³/mol. The van der Waals surface area contributed by atoms with Crippen LogP contribution in [0.15, 0.2) is 11.9 Å². The fourth-order valence-electron chi connectivity index (χ4n) is 0.228. The molecule has 0 fully saturated rings. The van der Waals surface area contributed by atoms with Gasteiger partial charge in [-0.15, -0.1) is 0 Å². The number of hydrogen-bond donors (Lipinski definition) is 0. The number of hydrogen-bond acceptors (Lipinski definition) is 6. The van der Waals surface area contributed by atoms with E-state index in [1.165, 1.54) is 0 Å². The highest BCUT2D eigenvalue weighted by atomic mass is 27.2. The number of carbonyl (C=O) groups excluding carboxylic acids is 3. The minimum atomic E-state index is -2.63. The van der Waals surface area contributed by atoms with Crippen molar-refractivity contribution in [2.45, 2.75) is 0 Å². The largest absolute Gasteiger partial charge is 0.830 e. The molecule has 0 aromatic heterocycles. The fourth-order valence-corrected chi connectivity index (χ4v) is 0.684. The average Bonchev–Trinajstić information content (AvgIpc) is 1.90. The lowest BCUT2D eigenvalue weighted by Gasteiger charge is -1.74. The molecule has 0 rings (SSSR count). The molecule has 48 valence electrons. The van der Waals surface area contributed by atoms with Gasteiger partial charge in [-0.1, -0.05) is 0 Å². The summed E-state index contributed by atoms with van der Waals surface area (Å²) < 4.78 is 8.94. The van der Waals surface area contributed by atoms with Crippen molar-refractivity contribution in [3.05, 3.63) is 0 Å². The minimum Gasteiger partial charge on any atom is -0.272 e. The molecule has 0 unspecified atom stereocenters. The van der Waals surface area contributed by atoms with Crippen molar-refractivity contribution in [1.82, 2.24) is 0 Å². The van der Waals surface area contributed by atoms with Crippen LogP contribution in [0.3, 0.4) is 0 Å². The first kappa shape index (κ1) is 8.67.